The van der Waals surface area contributed by atoms with Gasteiger partial charge in [-0.2, -0.15) is 0 Å². The Bertz CT molecular complexity index is 892. The van der Waals surface area contributed by atoms with E-state index < -0.39 is 0 Å². The second-order valence-electron chi connectivity index (χ2n) is 5.10. The number of aromatic nitrogens is 2. The monoisotopic (exact) mass is 326 g/mol. The van der Waals surface area contributed by atoms with Crippen molar-refractivity contribution in [2.45, 2.75) is 17.7 Å². The summed E-state index contributed by atoms with van der Waals surface area (Å²) in [6.07, 6.45) is 3.11. The quantitative estimate of drug-likeness (QED) is 0.680. The highest BCUT2D eigenvalue weighted by Crippen LogP contribution is 2.20. The number of halogens is 1. The normalized spacial score (nSPS) is 10.7. The van der Waals surface area contributed by atoms with Crippen LogP contribution in [0.2, 0.25) is 0 Å². The van der Waals surface area contributed by atoms with Gasteiger partial charge in [-0.05, 0) is 36.2 Å². The van der Waals surface area contributed by atoms with E-state index in [1.165, 1.54) is 39.6 Å². The van der Waals surface area contributed by atoms with Crippen molar-refractivity contribution < 1.29 is 4.39 Å². The van der Waals surface area contributed by atoms with E-state index in [4.69, 9.17) is 0 Å². The van der Waals surface area contributed by atoms with Crippen LogP contribution in [0.4, 0.5) is 4.39 Å². The molecule has 3 aromatic rings. The van der Waals surface area contributed by atoms with Gasteiger partial charge in [-0.3, -0.25) is 9.36 Å². The first-order valence-electron chi connectivity index (χ1n) is 7.16. The average Bonchev–Trinajstić information content (AvgIpc) is 2.55. The third-order valence-corrected chi connectivity index (χ3v) is 4.53. The molecule has 5 heteroatoms. The molecular weight excluding hydrogens is 311 g/mol. The van der Waals surface area contributed by atoms with Crippen LogP contribution >= 0.6 is 11.8 Å². The summed E-state index contributed by atoms with van der Waals surface area (Å²) in [5, 5.41) is 0.403. The lowest BCUT2D eigenvalue weighted by molar-refractivity contribution is 0.626. The maximum Gasteiger partial charge on any atom is 0.287 e. The standard InChI is InChI=1S/C18H15FN2OS/c1-13-5-2-3-6-14(13)12-23-17-18(22)21(10-9-20-17)16-8-4-7-15(19)11-16/h2-11H,12H2,1H3. The van der Waals surface area contributed by atoms with Crippen molar-refractivity contribution in [3.63, 3.8) is 0 Å². The zero-order valence-corrected chi connectivity index (χ0v) is 13.4. The number of hydrogen-bond acceptors (Lipinski definition) is 3. The highest BCUT2D eigenvalue weighted by Gasteiger charge is 2.08. The lowest BCUT2D eigenvalue weighted by Gasteiger charge is -2.08. The summed E-state index contributed by atoms with van der Waals surface area (Å²) >= 11 is 1.39. The van der Waals surface area contributed by atoms with Gasteiger partial charge < -0.3 is 0 Å². The molecule has 0 N–H and O–H groups in total. The fourth-order valence-electron chi connectivity index (χ4n) is 2.24. The Hall–Kier alpha value is -2.40. The number of benzene rings is 2. The van der Waals surface area contributed by atoms with Gasteiger partial charge >= 0.3 is 0 Å². The van der Waals surface area contributed by atoms with Crippen LogP contribution in [0, 0.1) is 12.7 Å². The molecule has 0 fully saturated rings. The Morgan fingerprint density at radius 1 is 1.17 bits per heavy atom. The van der Waals surface area contributed by atoms with Crippen molar-refractivity contribution in [3.8, 4) is 5.69 Å². The van der Waals surface area contributed by atoms with Crippen LogP contribution in [-0.4, -0.2) is 9.55 Å². The summed E-state index contributed by atoms with van der Waals surface area (Å²) in [6, 6.07) is 14.0. The Morgan fingerprint density at radius 3 is 2.78 bits per heavy atom. The Kier molecular flexibility index (Phi) is 4.57. The van der Waals surface area contributed by atoms with Gasteiger partial charge in [0.05, 0.1) is 5.69 Å². The molecule has 0 aliphatic rings. The third-order valence-electron chi connectivity index (χ3n) is 3.52. The zero-order chi connectivity index (χ0) is 16.2. The highest BCUT2D eigenvalue weighted by molar-refractivity contribution is 7.98. The molecule has 3 rings (SSSR count). The summed E-state index contributed by atoms with van der Waals surface area (Å²) in [6.45, 7) is 2.04. The molecule has 0 bridgehead atoms. The van der Waals surface area contributed by atoms with E-state index in [1.54, 1.807) is 24.5 Å². The molecule has 0 saturated carbocycles. The largest absolute Gasteiger partial charge is 0.287 e. The van der Waals surface area contributed by atoms with Gasteiger partial charge in [0, 0.05) is 18.1 Å². The van der Waals surface area contributed by atoms with E-state index in [0.29, 0.717) is 16.5 Å². The maximum atomic E-state index is 13.4. The first-order valence-corrected chi connectivity index (χ1v) is 8.14. The van der Waals surface area contributed by atoms with E-state index in [-0.39, 0.29) is 11.4 Å². The van der Waals surface area contributed by atoms with Gasteiger partial charge in [0.25, 0.3) is 5.56 Å². The molecule has 2 aromatic carbocycles. The van der Waals surface area contributed by atoms with Gasteiger partial charge in [0.2, 0.25) is 0 Å². The number of aryl methyl sites for hydroxylation is 1. The summed E-state index contributed by atoms with van der Waals surface area (Å²) in [4.78, 5) is 16.7. The van der Waals surface area contributed by atoms with Crippen LogP contribution in [-0.2, 0) is 5.75 Å². The van der Waals surface area contributed by atoms with Gasteiger partial charge in [0.15, 0.2) is 5.03 Å². The molecule has 23 heavy (non-hydrogen) atoms. The Balaban J connectivity index is 1.89. The Morgan fingerprint density at radius 2 is 2.00 bits per heavy atom. The van der Waals surface area contributed by atoms with Crippen molar-refractivity contribution in [1.82, 2.24) is 9.55 Å². The minimum Gasteiger partial charge on any atom is -0.280 e. The second kappa shape index (κ2) is 6.79. The van der Waals surface area contributed by atoms with Crippen LogP contribution in [0.3, 0.4) is 0 Å². The molecule has 1 aromatic heterocycles. The fourth-order valence-corrected chi connectivity index (χ4v) is 3.21. The van der Waals surface area contributed by atoms with Crippen LogP contribution in [0.15, 0.2) is 70.7 Å². The molecule has 0 aliphatic heterocycles. The van der Waals surface area contributed by atoms with Gasteiger partial charge in [-0.1, -0.05) is 42.1 Å². The Labute approximate surface area is 137 Å². The first kappa shape index (κ1) is 15.5. The molecule has 0 radical (unpaired) electrons. The molecule has 0 amide bonds. The SMILES string of the molecule is Cc1ccccc1CSc1nccn(-c2cccc(F)c2)c1=O. The molecule has 1 heterocycles. The van der Waals surface area contributed by atoms with Gasteiger partial charge in [0.1, 0.15) is 5.82 Å². The predicted octanol–water partition coefficient (Wildman–Crippen LogP) is 3.97. The summed E-state index contributed by atoms with van der Waals surface area (Å²) in [5.74, 6) is 0.294. The zero-order valence-electron chi connectivity index (χ0n) is 12.6. The lowest BCUT2D eigenvalue weighted by Crippen LogP contribution is -2.20. The lowest BCUT2D eigenvalue weighted by atomic mass is 10.1. The molecular formula is C18H15FN2OS. The van der Waals surface area contributed by atoms with Gasteiger partial charge in [-0.25, -0.2) is 9.37 Å². The second-order valence-corrected chi connectivity index (χ2v) is 6.07. The summed E-state index contributed by atoms with van der Waals surface area (Å²) in [7, 11) is 0. The summed E-state index contributed by atoms with van der Waals surface area (Å²) < 4.78 is 14.8. The van der Waals surface area contributed by atoms with Crippen molar-refractivity contribution >= 4 is 11.8 Å². The van der Waals surface area contributed by atoms with E-state index in [1.807, 2.05) is 31.2 Å². The van der Waals surface area contributed by atoms with E-state index >= 15 is 0 Å². The molecule has 0 atom stereocenters. The number of rotatable bonds is 4. The number of hydrogen-bond donors (Lipinski definition) is 0. The molecule has 0 saturated heterocycles. The van der Waals surface area contributed by atoms with Crippen LogP contribution in [0.25, 0.3) is 5.69 Å². The van der Waals surface area contributed by atoms with E-state index in [2.05, 4.69) is 4.98 Å². The topological polar surface area (TPSA) is 34.9 Å². The van der Waals surface area contributed by atoms with Crippen molar-refractivity contribution in [1.29, 1.82) is 0 Å². The molecule has 0 spiro atoms. The molecule has 3 nitrogen and oxygen atoms in total. The number of thioether (sulfide) groups is 1. The summed E-state index contributed by atoms with van der Waals surface area (Å²) in [5.41, 5.74) is 2.60. The molecule has 0 unspecified atom stereocenters. The van der Waals surface area contributed by atoms with Crippen molar-refractivity contribution in [2.75, 3.05) is 0 Å². The smallest absolute Gasteiger partial charge is 0.280 e. The third kappa shape index (κ3) is 3.51. The highest BCUT2D eigenvalue weighted by atomic mass is 32.2. The van der Waals surface area contributed by atoms with Crippen LogP contribution in [0.5, 0.6) is 0 Å². The minimum atomic E-state index is -0.375. The van der Waals surface area contributed by atoms with Crippen molar-refractivity contribution in [2.24, 2.45) is 0 Å². The maximum absolute atomic E-state index is 13.4. The molecule has 116 valence electrons. The molecule has 0 aliphatic carbocycles. The number of nitrogens with zero attached hydrogens (tertiary/aromatic N) is 2. The predicted molar refractivity (Wildman–Crippen MR) is 90.5 cm³/mol. The van der Waals surface area contributed by atoms with Crippen LogP contribution in [0.1, 0.15) is 11.1 Å². The minimum absolute atomic E-state index is 0.239. The van der Waals surface area contributed by atoms with Crippen LogP contribution < -0.4 is 5.56 Å². The first-order chi connectivity index (χ1) is 11.1. The van der Waals surface area contributed by atoms with Crippen molar-refractivity contribution in [3.05, 3.63) is 88.2 Å². The van der Waals surface area contributed by atoms with Gasteiger partial charge in [-0.15, -0.1) is 0 Å². The average molecular weight is 326 g/mol. The van der Waals surface area contributed by atoms with E-state index in [0.717, 1.165) is 0 Å². The fraction of sp³-hybridized carbons (Fsp3) is 0.111. The van der Waals surface area contributed by atoms with E-state index in [9.17, 15) is 9.18 Å².